The highest BCUT2D eigenvalue weighted by Gasteiger charge is 2.33. The van der Waals surface area contributed by atoms with E-state index in [-0.39, 0.29) is 29.3 Å². The van der Waals surface area contributed by atoms with Crippen LogP contribution in [0.15, 0.2) is 12.4 Å². The highest BCUT2D eigenvalue weighted by atomic mass is 35.5. The number of ether oxygens (including phenoxy) is 1. The Morgan fingerprint density at radius 2 is 2.23 bits per heavy atom. The fourth-order valence-electron chi connectivity index (χ4n) is 4.01. The summed E-state index contributed by atoms with van der Waals surface area (Å²) in [6.07, 6.45) is 1.56. The van der Waals surface area contributed by atoms with Gasteiger partial charge >= 0.3 is 0 Å². The Morgan fingerprint density at radius 1 is 1.47 bits per heavy atom. The average Bonchev–Trinajstić information content (AvgIpc) is 3.28. The number of benzene rings is 1. The lowest BCUT2D eigenvalue weighted by Crippen LogP contribution is -2.16. The molecule has 1 saturated heterocycles. The normalized spacial score (nSPS) is 17.4. The summed E-state index contributed by atoms with van der Waals surface area (Å²) >= 11 is 6.27. The van der Waals surface area contributed by atoms with Crippen molar-refractivity contribution in [2.75, 3.05) is 18.9 Å². The van der Waals surface area contributed by atoms with Gasteiger partial charge in [0.15, 0.2) is 5.65 Å². The molecule has 0 spiro atoms. The molecular formula is C20H22ClFN6O2. The van der Waals surface area contributed by atoms with E-state index >= 15 is 4.39 Å². The van der Waals surface area contributed by atoms with Crippen LogP contribution in [0.1, 0.15) is 49.0 Å². The first-order valence-corrected chi connectivity index (χ1v) is 10.1. The number of halogens is 2. The van der Waals surface area contributed by atoms with Crippen LogP contribution in [0.4, 0.5) is 10.2 Å². The van der Waals surface area contributed by atoms with Gasteiger partial charge in [0.05, 0.1) is 28.8 Å². The van der Waals surface area contributed by atoms with E-state index in [4.69, 9.17) is 22.1 Å². The van der Waals surface area contributed by atoms with Crippen LogP contribution < -0.4 is 15.8 Å². The van der Waals surface area contributed by atoms with Crippen LogP contribution in [0.2, 0.25) is 5.02 Å². The third-order valence-electron chi connectivity index (χ3n) is 5.42. The Bertz CT molecular complexity index is 1150. The number of carbonyl (C=O) groups is 1. The van der Waals surface area contributed by atoms with Gasteiger partial charge in [-0.25, -0.2) is 19.0 Å². The number of fused-ring (bicyclic) bond motifs is 1. The average molecular weight is 433 g/mol. The summed E-state index contributed by atoms with van der Waals surface area (Å²) in [6, 6.07) is 1.16. The number of nitrogen functional groups attached to an aromatic ring is 1. The van der Waals surface area contributed by atoms with E-state index in [9.17, 15) is 4.79 Å². The molecule has 1 aliphatic heterocycles. The molecule has 1 amide bonds. The second-order valence-corrected chi connectivity index (χ2v) is 7.71. The highest BCUT2D eigenvalue weighted by molar-refractivity contribution is 6.31. The zero-order chi connectivity index (χ0) is 21.6. The quantitative estimate of drug-likeness (QED) is 0.641. The molecule has 0 saturated carbocycles. The minimum absolute atomic E-state index is 0.0306. The molecule has 10 heteroatoms. The third kappa shape index (κ3) is 3.23. The van der Waals surface area contributed by atoms with Crippen LogP contribution in [0.5, 0.6) is 5.75 Å². The fourth-order valence-corrected chi connectivity index (χ4v) is 4.23. The van der Waals surface area contributed by atoms with Gasteiger partial charge in [0.1, 0.15) is 23.7 Å². The Kier molecular flexibility index (Phi) is 5.23. The molecule has 158 valence electrons. The predicted octanol–water partition coefficient (Wildman–Crippen LogP) is 3.12. The third-order valence-corrected chi connectivity index (χ3v) is 5.69. The topological polar surface area (TPSA) is 108 Å². The number of carbonyl (C=O) groups excluding carboxylic acids is 1. The van der Waals surface area contributed by atoms with Crippen molar-refractivity contribution < 1.29 is 13.9 Å². The van der Waals surface area contributed by atoms with Crippen molar-refractivity contribution in [1.29, 1.82) is 0 Å². The molecule has 0 aliphatic carbocycles. The SMILES string of the molecule is CCOc1c([C@@H](C)n2nc(C)c3c(N)ncnc32)cc(Cl)c(F)c1[C@@H]1CNC(=O)C1. The number of nitrogens with zero attached hydrogens (tertiary/aromatic N) is 4. The molecule has 1 fully saturated rings. The molecule has 4 rings (SSSR count). The molecule has 3 N–H and O–H groups in total. The van der Waals surface area contributed by atoms with Gasteiger partial charge in [-0.2, -0.15) is 5.10 Å². The maximum atomic E-state index is 15.1. The molecule has 2 atom stereocenters. The summed E-state index contributed by atoms with van der Waals surface area (Å²) in [7, 11) is 0. The molecule has 3 heterocycles. The van der Waals surface area contributed by atoms with Crippen LogP contribution in [-0.4, -0.2) is 38.8 Å². The molecule has 8 nitrogen and oxygen atoms in total. The largest absolute Gasteiger partial charge is 0.493 e. The summed E-state index contributed by atoms with van der Waals surface area (Å²) < 4.78 is 22.7. The van der Waals surface area contributed by atoms with Crippen LogP contribution >= 0.6 is 11.6 Å². The van der Waals surface area contributed by atoms with E-state index in [1.807, 2.05) is 20.8 Å². The first-order chi connectivity index (χ1) is 14.3. The van der Waals surface area contributed by atoms with Gasteiger partial charge in [0, 0.05) is 30.0 Å². The van der Waals surface area contributed by atoms with Crippen molar-refractivity contribution >= 4 is 34.4 Å². The molecule has 0 radical (unpaired) electrons. The van der Waals surface area contributed by atoms with E-state index in [2.05, 4.69) is 20.4 Å². The fraction of sp³-hybridized carbons (Fsp3) is 0.400. The van der Waals surface area contributed by atoms with E-state index in [1.165, 1.54) is 6.33 Å². The summed E-state index contributed by atoms with van der Waals surface area (Å²) in [5.41, 5.74) is 8.23. The molecule has 1 aliphatic rings. The summed E-state index contributed by atoms with van der Waals surface area (Å²) in [5, 5.41) is 7.98. The minimum atomic E-state index is -0.564. The zero-order valence-corrected chi connectivity index (χ0v) is 17.6. The molecule has 0 unspecified atom stereocenters. The second kappa shape index (κ2) is 7.71. The second-order valence-electron chi connectivity index (χ2n) is 7.31. The number of nitrogens with one attached hydrogen (secondary N) is 1. The summed E-state index contributed by atoms with van der Waals surface area (Å²) in [5.74, 6) is -0.327. The van der Waals surface area contributed by atoms with Gasteiger partial charge in [-0.3, -0.25) is 4.79 Å². The lowest BCUT2D eigenvalue weighted by Gasteiger charge is -2.23. The smallest absolute Gasteiger partial charge is 0.220 e. The van der Waals surface area contributed by atoms with Crippen molar-refractivity contribution in [3.8, 4) is 5.75 Å². The molecule has 1 aromatic carbocycles. The molecule has 3 aromatic rings. The zero-order valence-electron chi connectivity index (χ0n) is 16.9. The van der Waals surface area contributed by atoms with Gasteiger partial charge in [0.25, 0.3) is 0 Å². The van der Waals surface area contributed by atoms with Crippen molar-refractivity contribution in [3.05, 3.63) is 40.1 Å². The summed E-state index contributed by atoms with van der Waals surface area (Å²) in [4.78, 5) is 20.1. The van der Waals surface area contributed by atoms with Gasteiger partial charge in [-0.05, 0) is 26.8 Å². The number of hydrogen-bond donors (Lipinski definition) is 2. The van der Waals surface area contributed by atoms with Crippen LogP contribution in [0.25, 0.3) is 11.0 Å². The van der Waals surface area contributed by atoms with Gasteiger partial charge in [-0.1, -0.05) is 11.6 Å². The highest BCUT2D eigenvalue weighted by Crippen LogP contribution is 2.43. The van der Waals surface area contributed by atoms with E-state index < -0.39 is 5.82 Å². The number of aromatic nitrogens is 4. The first kappa shape index (κ1) is 20.3. The Labute approximate surface area is 177 Å². The summed E-state index contributed by atoms with van der Waals surface area (Å²) in [6.45, 7) is 6.21. The monoisotopic (exact) mass is 432 g/mol. The lowest BCUT2D eigenvalue weighted by atomic mass is 9.92. The maximum Gasteiger partial charge on any atom is 0.220 e. The van der Waals surface area contributed by atoms with E-state index in [0.29, 0.717) is 52.6 Å². The molecule has 30 heavy (non-hydrogen) atoms. The van der Waals surface area contributed by atoms with Gasteiger partial charge in [0.2, 0.25) is 5.91 Å². The van der Waals surface area contributed by atoms with Crippen LogP contribution in [0.3, 0.4) is 0 Å². The number of nitrogens with two attached hydrogens (primary N) is 1. The van der Waals surface area contributed by atoms with Crippen molar-refractivity contribution in [2.24, 2.45) is 0 Å². The predicted molar refractivity (Wildman–Crippen MR) is 111 cm³/mol. The van der Waals surface area contributed by atoms with Crippen LogP contribution in [0, 0.1) is 12.7 Å². The number of hydrogen-bond acceptors (Lipinski definition) is 6. The minimum Gasteiger partial charge on any atom is -0.493 e. The lowest BCUT2D eigenvalue weighted by molar-refractivity contribution is -0.119. The van der Waals surface area contributed by atoms with Gasteiger partial charge < -0.3 is 15.8 Å². The van der Waals surface area contributed by atoms with Crippen molar-refractivity contribution in [1.82, 2.24) is 25.1 Å². The van der Waals surface area contributed by atoms with Crippen molar-refractivity contribution in [3.63, 3.8) is 0 Å². The number of rotatable bonds is 5. The Hall–Kier alpha value is -2.94. The van der Waals surface area contributed by atoms with E-state index in [1.54, 1.807) is 10.7 Å². The number of amides is 1. The van der Waals surface area contributed by atoms with Gasteiger partial charge in [-0.15, -0.1) is 0 Å². The van der Waals surface area contributed by atoms with Crippen molar-refractivity contribution in [2.45, 2.75) is 39.2 Å². The molecule has 2 aromatic heterocycles. The first-order valence-electron chi connectivity index (χ1n) is 9.70. The number of anilines is 1. The Balaban J connectivity index is 1.91. The maximum absolute atomic E-state index is 15.1. The number of aryl methyl sites for hydroxylation is 1. The molecular weight excluding hydrogens is 411 g/mol. The molecule has 0 bridgehead atoms. The Morgan fingerprint density at radius 3 is 2.90 bits per heavy atom. The standard InChI is InChI=1S/C20H22ClFN6O2/c1-4-30-18-12(6-13(21)17(22)16(18)11-5-14(29)24-7-11)10(3)28-20-15(9(2)27-28)19(23)25-8-26-20/h6,8,10-11H,4-5,7H2,1-3H3,(H,24,29)(H2,23,25,26)/t10-,11+/m1/s1. The van der Waals surface area contributed by atoms with Crippen LogP contribution in [-0.2, 0) is 4.79 Å². The van der Waals surface area contributed by atoms with E-state index in [0.717, 1.165) is 0 Å².